The van der Waals surface area contributed by atoms with Gasteiger partial charge in [0, 0.05) is 19.1 Å². The number of carbonyl (C=O) groups is 1. The first kappa shape index (κ1) is 19.0. The maximum Gasteiger partial charge on any atom is 0.409 e. The molecule has 1 aromatic rings. The lowest BCUT2D eigenvalue weighted by Gasteiger charge is -2.29. The molecule has 1 saturated heterocycles. The average Bonchev–Trinajstić information content (AvgIpc) is 3.22. The zero-order chi connectivity index (χ0) is 18.2. The zero-order valence-electron chi connectivity index (χ0n) is 15.9. The summed E-state index contributed by atoms with van der Waals surface area (Å²) in [5, 5.41) is 3.68. The van der Waals surface area contributed by atoms with E-state index in [1.54, 1.807) is 7.11 Å². The Morgan fingerprint density at radius 1 is 1.12 bits per heavy atom. The van der Waals surface area contributed by atoms with Crippen LogP contribution in [0.1, 0.15) is 44.1 Å². The third-order valence-corrected chi connectivity index (χ3v) is 5.66. The summed E-state index contributed by atoms with van der Waals surface area (Å²) in [5.74, 6) is 1.44. The molecule has 0 spiro atoms. The molecular formula is C21H32N2O3. The highest BCUT2D eigenvalue weighted by atomic mass is 16.6. The van der Waals surface area contributed by atoms with Gasteiger partial charge in [0.25, 0.3) is 0 Å². The van der Waals surface area contributed by atoms with Gasteiger partial charge in [0.1, 0.15) is 5.75 Å². The lowest BCUT2D eigenvalue weighted by Crippen LogP contribution is -2.36. The van der Waals surface area contributed by atoms with Crippen LogP contribution in [0.15, 0.2) is 24.3 Å². The molecule has 5 nitrogen and oxygen atoms in total. The van der Waals surface area contributed by atoms with E-state index in [-0.39, 0.29) is 6.09 Å². The van der Waals surface area contributed by atoms with E-state index < -0.39 is 0 Å². The highest BCUT2D eigenvalue weighted by molar-refractivity contribution is 5.67. The SMILES string of the molecule is COc1ccc(CCNC2CCC(COC(=O)N3CCCC3)CC2)cc1. The number of benzene rings is 1. The van der Waals surface area contributed by atoms with Crippen LogP contribution in [0.3, 0.4) is 0 Å². The van der Waals surface area contributed by atoms with Crippen LogP contribution in [0.4, 0.5) is 4.79 Å². The van der Waals surface area contributed by atoms with Crippen molar-refractivity contribution < 1.29 is 14.3 Å². The van der Waals surface area contributed by atoms with E-state index in [1.165, 1.54) is 18.4 Å². The van der Waals surface area contributed by atoms with Gasteiger partial charge in [-0.15, -0.1) is 0 Å². The summed E-state index contributed by atoms with van der Waals surface area (Å²) in [4.78, 5) is 13.8. The summed E-state index contributed by atoms with van der Waals surface area (Å²) in [7, 11) is 1.69. The maximum absolute atomic E-state index is 12.0. The molecule has 0 bridgehead atoms. The van der Waals surface area contributed by atoms with Gasteiger partial charge >= 0.3 is 6.09 Å². The molecule has 0 atom stereocenters. The second-order valence-electron chi connectivity index (χ2n) is 7.54. The Bertz CT molecular complexity index is 547. The van der Waals surface area contributed by atoms with Crippen molar-refractivity contribution in [1.82, 2.24) is 10.2 Å². The number of nitrogens with zero attached hydrogens (tertiary/aromatic N) is 1. The first-order valence-electron chi connectivity index (χ1n) is 10.0. The Balaban J connectivity index is 1.28. The molecule has 0 radical (unpaired) electrons. The Labute approximate surface area is 157 Å². The Kier molecular flexibility index (Phi) is 7.18. The fourth-order valence-electron chi connectivity index (χ4n) is 3.93. The molecule has 0 aromatic heterocycles. The van der Waals surface area contributed by atoms with Gasteiger partial charge < -0.3 is 19.7 Å². The predicted molar refractivity (Wildman–Crippen MR) is 103 cm³/mol. The van der Waals surface area contributed by atoms with Crippen LogP contribution < -0.4 is 10.1 Å². The minimum atomic E-state index is -0.109. The maximum atomic E-state index is 12.0. The van der Waals surface area contributed by atoms with Gasteiger partial charge in [-0.25, -0.2) is 4.79 Å². The summed E-state index contributed by atoms with van der Waals surface area (Å²) in [6.07, 6.45) is 7.80. The van der Waals surface area contributed by atoms with E-state index >= 15 is 0 Å². The van der Waals surface area contributed by atoms with Crippen molar-refractivity contribution >= 4 is 6.09 Å². The van der Waals surface area contributed by atoms with Crippen molar-refractivity contribution in [2.24, 2.45) is 5.92 Å². The minimum Gasteiger partial charge on any atom is -0.497 e. The van der Waals surface area contributed by atoms with Crippen LogP contribution in [0.5, 0.6) is 5.75 Å². The summed E-state index contributed by atoms with van der Waals surface area (Å²) < 4.78 is 10.7. The van der Waals surface area contributed by atoms with Crippen LogP contribution in [-0.4, -0.2) is 50.4 Å². The lowest BCUT2D eigenvalue weighted by atomic mass is 9.86. The molecule has 2 aliphatic rings. The molecule has 1 N–H and O–H groups in total. The standard InChI is InChI=1S/C21H32N2O3/c1-25-20-10-6-17(7-11-20)12-13-22-19-8-4-18(5-9-19)16-26-21(24)23-14-2-3-15-23/h6-7,10-11,18-19,22H,2-5,8-9,12-16H2,1H3. The molecule has 1 saturated carbocycles. The summed E-state index contributed by atoms with van der Waals surface area (Å²) in [6.45, 7) is 3.33. The molecule has 1 aliphatic carbocycles. The number of rotatable bonds is 7. The van der Waals surface area contributed by atoms with Gasteiger partial charge in [0.05, 0.1) is 13.7 Å². The van der Waals surface area contributed by atoms with Crippen molar-refractivity contribution in [3.05, 3.63) is 29.8 Å². The third-order valence-electron chi connectivity index (χ3n) is 5.66. The number of likely N-dealkylation sites (tertiary alicyclic amines) is 1. The van der Waals surface area contributed by atoms with Crippen LogP contribution >= 0.6 is 0 Å². The van der Waals surface area contributed by atoms with E-state index in [9.17, 15) is 4.79 Å². The van der Waals surface area contributed by atoms with Gasteiger partial charge in [-0.1, -0.05) is 12.1 Å². The van der Waals surface area contributed by atoms with Crippen molar-refractivity contribution in [3.63, 3.8) is 0 Å². The average molecular weight is 360 g/mol. The summed E-state index contributed by atoms with van der Waals surface area (Å²) >= 11 is 0. The van der Waals surface area contributed by atoms with E-state index in [2.05, 4.69) is 17.4 Å². The molecule has 1 amide bonds. The molecule has 5 heteroatoms. The third kappa shape index (κ3) is 5.63. The first-order chi connectivity index (χ1) is 12.7. The molecular weight excluding hydrogens is 328 g/mol. The number of ether oxygens (including phenoxy) is 2. The summed E-state index contributed by atoms with van der Waals surface area (Å²) in [5.41, 5.74) is 1.33. The topological polar surface area (TPSA) is 50.8 Å². The van der Waals surface area contributed by atoms with Crippen LogP contribution in [0.2, 0.25) is 0 Å². The second kappa shape index (κ2) is 9.81. The molecule has 2 fully saturated rings. The van der Waals surface area contributed by atoms with E-state index in [0.29, 0.717) is 18.6 Å². The molecule has 1 heterocycles. The number of nitrogens with one attached hydrogen (secondary N) is 1. The van der Waals surface area contributed by atoms with Crippen LogP contribution in [-0.2, 0) is 11.2 Å². The molecule has 26 heavy (non-hydrogen) atoms. The first-order valence-corrected chi connectivity index (χ1v) is 10.0. The number of hydrogen-bond acceptors (Lipinski definition) is 4. The predicted octanol–water partition coefficient (Wildman–Crippen LogP) is 3.62. The number of carbonyl (C=O) groups excluding carboxylic acids is 1. The monoisotopic (exact) mass is 360 g/mol. The van der Waals surface area contributed by atoms with Crippen molar-refractivity contribution in [3.8, 4) is 5.75 Å². The molecule has 144 valence electrons. The Hall–Kier alpha value is -1.75. The largest absolute Gasteiger partial charge is 0.497 e. The van der Waals surface area contributed by atoms with Crippen molar-refractivity contribution in [2.75, 3.05) is 33.4 Å². The lowest BCUT2D eigenvalue weighted by molar-refractivity contribution is 0.0842. The molecule has 1 aliphatic heterocycles. The van der Waals surface area contributed by atoms with Crippen molar-refractivity contribution in [1.29, 1.82) is 0 Å². The minimum absolute atomic E-state index is 0.109. The van der Waals surface area contributed by atoms with Crippen molar-refractivity contribution in [2.45, 2.75) is 51.0 Å². The van der Waals surface area contributed by atoms with Gasteiger partial charge in [-0.2, -0.15) is 0 Å². The normalized spacial score (nSPS) is 23.0. The van der Waals surface area contributed by atoms with Gasteiger partial charge in [-0.3, -0.25) is 0 Å². The van der Waals surface area contributed by atoms with E-state index in [0.717, 1.165) is 57.5 Å². The highest BCUT2D eigenvalue weighted by Gasteiger charge is 2.24. The fourth-order valence-corrected chi connectivity index (χ4v) is 3.93. The van der Waals surface area contributed by atoms with Gasteiger partial charge in [-0.05, 0) is 75.1 Å². The highest BCUT2D eigenvalue weighted by Crippen LogP contribution is 2.25. The van der Waals surface area contributed by atoms with E-state index in [1.807, 2.05) is 17.0 Å². The molecule has 3 rings (SSSR count). The smallest absolute Gasteiger partial charge is 0.409 e. The Morgan fingerprint density at radius 2 is 1.81 bits per heavy atom. The van der Waals surface area contributed by atoms with Gasteiger partial charge in [0.2, 0.25) is 0 Å². The number of methoxy groups -OCH3 is 1. The Morgan fingerprint density at radius 3 is 2.46 bits per heavy atom. The fraction of sp³-hybridized carbons (Fsp3) is 0.667. The summed E-state index contributed by atoms with van der Waals surface area (Å²) in [6, 6.07) is 8.89. The number of amides is 1. The molecule has 1 aromatic carbocycles. The molecule has 0 unspecified atom stereocenters. The van der Waals surface area contributed by atoms with Gasteiger partial charge in [0.15, 0.2) is 0 Å². The quantitative estimate of drug-likeness (QED) is 0.807. The zero-order valence-corrected chi connectivity index (χ0v) is 15.9. The second-order valence-corrected chi connectivity index (χ2v) is 7.54. The van der Waals surface area contributed by atoms with E-state index in [4.69, 9.17) is 9.47 Å². The number of hydrogen-bond donors (Lipinski definition) is 1. The van der Waals surface area contributed by atoms with Crippen LogP contribution in [0.25, 0.3) is 0 Å². The van der Waals surface area contributed by atoms with Crippen LogP contribution in [0, 0.1) is 5.92 Å².